The Hall–Kier alpha value is -3.85. The van der Waals surface area contributed by atoms with Gasteiger partial charge >= 0.3 is 0 Å². The van der Waals surface area contributed by atoms with Crippen molar-refractivity contribution >= 4 is 50.7 Å². The minimum absolute atomic E-state index is 0.0208. The lowest BCUT2D eigenvalue weighted by Crippen LogP contribution is -2.55. The average molecular weight is 693 g/mol. The fraction of sp³-hybridized carbons (Fsp3) is 0.297. The first-order valence-electron chi connectivity index (χ1n) is 15.8. The standard InChI is InChI=1S/C37H39Cl2N3O4S/c1-27-17-20-32(21-18-27)47(45,46)42(31-19-22-33(38)34(39)24-31)26-36(43)41(25-29-13-7-3-8-14-29)35(23-28-11-5-2-6-12-28)37(44)40-30-15-9-4-10-16-30/h2-3,5-8,11-14,17-22,24,30,35H,4,9-10,15-16,23,25-26H2,1H3,(H,40,44). The van der Waals surface area contributed by atoms with Crippen LogP contribution in [0, 0.1) is 6.92 Å². The van der Waals surface area contributed by atoms with Crippen molar-refractivity contribution in [2.45, 2.75) is 69.0 Å². The molecule has 1 atom stereocenters. The van der Waals surface area contributed by atoms with Crippen LogP contribution in [0.25, 0.3) is 0 Å². The van der Waals surface area contributed by atoms with Crippen LogP contribution in [0.3, 0.4) is 0 Å². The Balaban J connectivity index is 1.56. The Morgan fingerprint density at radius 3 is 2.04 bits per heavy atom. The largest absolute Gasteiger partial charge is 0.352 e. The Kier molecular flexibility index (Phi) is 11.6. The van der Waals surface area contributed by atoms with Crippen LogP contribution >= 0.6 is 23.2 Å². The summed E-state index contributed by atoms with van der Waals surface area (Å²) in [5.74, 6) is -0.789. The van der Waals surface area contributed by atoms with Crippen molar-refractivity contribution in [1.29, 1.82) is 0 Å². The van der Waals surface area contributed by atoms with Crippen LogP contribution in [0.1, 0.15) is 48.8 Å². The predicted octanol–water partition coefficient (Wildman–Crippen LogP) is 7.59. The third-order valence-electron chi connectivity index (χ3n) is 8.50. The van der Waals surface area contributed by atoms with Crippen molar-refractivity contribution in [3.05, 3.63) is 130 Å². The second-order valence-electron chi connectivity index (χ2n) is 12.0. The van der Waals surface area contributed by atoms with Gasteiger partial charge in [-0.1, -0.05) is 121 Å². The second kappa shape index (κ2) is 15.8. The van der Waals surface area contributed by atoms with E-state index in [4.69, 9.17) is 23.2 Å². The molecule has 4 aromatic rings. The smallest absolute Gasteiger partial charge is 0.264 e. The molecule has 0 aliphatic heterocycles. The lowest BCUT2D eigenvalue weighted by atomic mass is 9.94. The van der Waals surface area contributed by atoms with Gasteiger partial charge in [0, 0.05) is 19.0 Å². The quantitative estimate of drug-likeness (QED) is 0.166. The first-order chi connectivity index (χ1) is 22.6. The molecule has 0 spiro atoms. The molecule has 1 fully saturated rings. The first-order valence-corrected chi connectivity index (χ1v) is 18.0. The summed E-state index contributed by atoms with van der Waals surface area (Å²) in [6.45, 7) is 1.40. The number of hydrogen-bond acceptors (Lipinski definition) is 4. The van der Waals surface area contributed by atoms with Crippen LogP contribution in [-0.4, -0.2) is 43.8 Å². The first kappa shape index (κ1) is 34.5. The summed E-state index contributed by atoms with van der Waals surface area (Å²) in [5.41, 5.74) is 2.77. The Morgan fingerprint density at radius 2 is 1.43 bits per heavy atom. The fourth-order valence-corrected chi connectivity index (χ4v) is 7.58. The van der Waals surface area contributed by atoms with Gasteiger partial charge in [-0.3, -0.25) is 13.9 Å². The molecule has 0 bridgehead atoms. The van der Waals surface area contributed by atoms with E-state index in [9.17, 15) is 18.0 Å². The highest BCUT2D eigenvalue weighted by Gasteiger charge is 2.35. The van der Waals surface area contributed by atoms with Crippen LogP contribution in [-0.2, 0) is 32.6 Å². The number of benzene rings is 4. The molecule has 1 aliphatic carbocycles. The summed E-state index contributed by atoms with van der Waals surface area (Å²) < 4.78 is 29.5. The molecule has 1 aliphatic rings. The lowest BCUT2D eigenvalue weighted by Gasteiger charge is -2.35. The highest BCUT2D eigenvalue weighted by Crippen LogP contribution is 2.31. The van der Waals surface area contributed by atoms with Crippen molar-refractivity contribution in [1.82, 2.24) is 10.2 Å². The third-order valence-corrected chi connectivity index (χ3v) is 11.0. The van der Waals surface area contributed by atoms with E-state index in [0.29, 0.717) is 0 Å². The molecule has 246 valence electrons. The maximum atomic E-state index is 14.6. The van der Waals surface area contributed by atoms with Crippen molar-refractivity contribution < 1.29 is 18.0 Å². The van der Waals surface area contributed by atoms with E-state index in [0.717, 1.165) is 53.1 Å². The van der Waals surface area contributed by atoms with Crippen LogP contribution < -0.4 is 9.62 Å². The molecule has 5 rings (SSSR count). The number of nitrogens with one attached hydrogen (secondary N) is 1. The number of rotatable bonds is 12. The summed E-state index contributed by atoms with van der Waals surface area (Å²) >= 11 is 12.5. The van der Waals surface area contributed by atoms with Gasteiger partial charge in [0.25, 0.3) is 10.0 Å². The zero-order valence-corrected chi connectivity index (χ0v) is 28.6. The van der Waals surface area contributed by atoms with Crippen molar-refractivity contribution in [3.8, 4) is 0 Å². The predicted molar refractivity (Wildman–Crippen MR) is 188 cm³/mol. The van der Waals surface area contributed by atoms with Crippen LogP contribution in [0.2, 0.25) is 10.0 Å². The maximum absolute atomic E-state index is 14.6. The highest BCUT2D eigenvalue weighted by molar-refractivity contribution is 7.92. The molecule has 0 radical (unpaired) electrons. The summed E-state index contributed by atoms with van der Waals surface area (Å²) in [5, 5.41) is 3.62. The number of carbonyl (C=O) groups is 2. The maximum Gasteiger partial charge on any atom is 0.264 e. The lowest BCUT2D eigenvalue weighted by molar-refractivity contribution is -0.140. The second-order valence-corrected chi connectivity index (χ2v) is 14.7. The summed E-state index contributed by atoms with van der Waals surface area (Å²) in [7, 11) is -4.25. The molecule has 4 aromatic carbocycles. The molecule has 0 heterocycles. The molecule has 47 heavy (non-hydrogen) atoms. The molecule has 2 amide bonds. The number of aryl methyl sites for hydroxylation is 1. The van der Waals surface area contributed by atoms with Gasteiger partial charge in [-0.15, -0.1) is 0 Å². The van der Waals surface area contributed by atoms with E-state index < -0.39 is 28.5 Å². The van der Waals surface area contributed by atoms with E-state index in [1.165, 1.54) is 35.2 Å². The number of hydrogen-bond donors (Lipinski definition) is 1. The molecule has 0 aromatic heterocycles. The van der Waals surface area contributed by atoms with Crippen LogP contribution in [0.5, 0.6) is 0 Å². The third kappa shape index (κ3) is 8.95. The van der Waals surface area contributed by atoms with Gasteiger partial charge in [-0.25, -0.2) is 8.42 Å². The van der Waals surface area contributed by atoms with Gasteiger partial charge in [-0.2, -0.15) is 0 Å². The van der Waals surface area contributed by atoms with E-state index >= 15 is 0 Å². The number of amides is 2. The van der Waals surface area contributed by atoms with Gasteiger partial charge in [0.05, 0.1) is 20.6 Å². The number of anilines is 1. The zero-order valence-electron chi connectivity index (χ0n) is 26.3. The van der Waals surface area contributed by atoms with Gasteiger partial charge in [0.2, 0.25) is 11.8 Å². The molecule has 1 saturated carbocycles. The number of nitrogens with zero attached hydrogens (tertiary/aromatic N) is 2. The molecular weight excluding hydrogens is 653 g/mol. The van der Waals surface area contributed by atoms with Crippen LogP contribution in [0.15, 0.2) is 108 Å². The molecular formula is C37H39Cl2N3O4S. The van der Waals surface area contributed by atoms with Crippen LogP contribution in [0.4, 0.5) is 5.69 Å². The minimum atomic E-state index is -4.25. The molecule has 10 heteroatoms. The average Bonchev–Trinajstić information content (AvgIpc) is 3.08. The summed E-state index contributed by atoms with van der Waals surface area (Å²) in [4.78, 5) is 30.3. The number of halogens is 2. The molecule has 1 N–H and O–H groups in total. The molecule has 0 saturated heterocycles. The van der Waals surface area contributed by atoms with E-state index in [1.807, 2.05) is 67.6 Å². The van der Waals surface area contributed by atoms with Crippen molar-refractivity contribution in [2.24, 2.45) is 0 Å². The Bertz CT molecular complexity index is 1760. The van der Waals surface area contributed by atoms with Gasteiger partial charge in [0.1, 0.15) is 12.6 Å². The van der Waals surface area contributed by atoms with Crippen molar-refractivity contribution in [2.75, 3.05) is 10.8 Å². The SMILES string of the molecule is Cc1ccc(S(=O)(=O)N(CC(=O)N(Cc2ccccc2)C(Cc2ccccc2)C(=O)NC2CCCCC2)c2ccc(Cl)c(Cl)c2)cc1. The van der Waals surface area contributed by atoms with Gasteiger partial charge in [0.15, 0.2) is 0 Å². The number of sulfonamides is 1. The Labute approximate surface area is 287 Å². The normalized spacial score (nSPS) is 14.3. The molecule has 7 nitrogen and oxygen atoms in total. The highest BCUT2D eigenvalue weighted by atomic mass is 35.5. The summed E-state index contributed by atoms with van der Waals surface area (Å²) in [6, 6.07) is 29.0. The summed E-state index contributed by atoms with van der Waals surface area (Å²) in [6.07, 6.45) is 5.24. The van der Waals surface area contributed by atoms with Gasteiger partial charge < -0.3 is 10.2 Å². The number of carbonyl (C=O) groups excluding carboxylic acids is 2. The van der Waals surface area contributed by atoms with E-state index in [2.05, 4.69) is 5.32 Å². The van der Waals surface area contributed by atoms with E-state index in [-0.39, 0.29) is 45.5 Å². The molecule has 1 unspecified atom stereocenters. The van der Waals surface area contributed by atoms with E-state index in [1.54, 1.807) is 12.1 Å². The monoisotopic (exact) mass is 691 g/mol. The zero-order chi connectivity index (χ0) is 33.4. The fourth-order valence-electron chi connectivity index (χ4n) is 5.88. The van der Waals surface area contributed by atoms with Crippen molar-refractivity contribution in [3.63, 3.8) is 0 Å². The topological polar surface area (TPSA) is 86.8 Å². The van der Waals surface area contributed by atoms with Gasteiger partial charge in [-0.05, 0) is 61.2 Å². The Morgan fingerprint density at radius 1 is 0.809 bits per heavy atom. The minimum Gasteiger partial charge on any atom is -0.352 e.